The third-order valence-electron chi connectivity index (χ3n) is 17.6. The molecule has 13 heteroatoms. The van der Waals surface area contributed by atoms with Gasteiger partial charge >= 0.3 is 12.4 Å². The molecule has 458 valence electrons. The summed E-state index contributed by atoms with van der Waals surface area (Å²) in [6, 6.07) is 91.9. The molecule has 96 heavy (non-hydrogen) atoms. The van der Waals surface area contributed by atoms with E-state index < -0.39 is 34.6 Å². The van der Waals surface area contributed by atoms with E-state index in [9.17, 15) is 5.26 Å². The van der Waals surface area contributed by atoms with Gasteiger partial charge in [0.15, 0.2) is 0 Å². The van der Waals surface area contributed by atoms with Crippen LogP contribution < -0.4 is 0 Å². The summed E-state index contributed by atoms with van der Waals surface area (Å²) in [6.45, 7) is 0. The Labute approximate surface area is 546 Å². The number of alkyl halides is 6. The van der Waals surface area contributed by atoms with E-state index in [0.717, 1.165) is 28.3 Å². The molecule has 0 unspecified atom stereocenters. The van der Waals surface area contributed by atoms with Crippen LogP contribution in [0.2, 0.25) is 0 Å². The fraction of sp³-hybridized carbons (Fsp3) is 0.0241. The van der Waals surface area contributed by atoms with Crippen molar-refractivity contribution in [3.8, 4) is 119 Å². The Balaban J connectivity index is 1.03. The molecule has 0 radical (unpaired) electrons. The normalized spacial score (nSPS) is 11.8. The zero-order valence-electron chi connectivity index (χ0n) is 50.7. The third kappa shape index (κ3) is 10.6. The summed E-state index contributed by atoms with van der Waals surface area (Å²) in [6.07, 6.45) is -10.6. The fourth-order valence-corrected chi connectivity index (χ4v) is 13.2. The predicted molar refractivity (Wildman–Crippen MR) is 370 cm³/mol. The maximum Gasteiger partial charge on any atom is 0.417 e. The number of nitrogens with zero attached hydrogens (tertiary/aromatic N) is 7. The van der Waals surface area contributed by atoms with Crippen molar-refractivity contribution in [2.75, 3.05) is 0 Å². The summed E-state index contributed by atoms with van der Waals surface area (Å²) in [5, 5.41) is 15.0. The van der Waals surface area contributed by atoms with Gasteiger partial charge in [-0.1, -0.05) is 200 Å². The lowest BCUT2D eigenvalue weighted by atomic mass is 9.91. The Kier molecular flexibility index (Phi) is 14.4. The highest BCUT2D eigenvalue weighted by molar-refractivity contribution is 6.13. The second kappa shape index (κ2) is 23.5. The van der Waals surface area contributed by atoms with E-state index in [-0.39, 0.29) is 16.9 Å². The Bertz CT molecular complexity index is 5140. The molecular formula is C83H49F6N7. The van der Waals surface area contributed by atoms with Gasteiger partial charge in [-0.25, -0.2) is 19.9 Å². The van der Waals surface area contributed by atoms with Crippen molar-refractivity contribution in [1.82, 2.24) is 29.1 Å². The second-order valence-corrected chi connectivity index (χ2v) is 23.4. The van der Waals surface area contributed by atoms with E-state index in [1.54, 1.807) is 9.13 Å². The van der Waals surface area contributed by atoms with Crippen LogP contribution in [-0.2, 0) is 12.4 Å². The highest BCUT2D eigenvalue weighted by Crippen LogP contribution is 2.49. The Morgan fingerprint density at radius 1 is 0.260 bits per heavy atom. The van der Waals surface area contributed by atoms with Crippen LogP contribution in [-0.4, -0.2) is 29.1 Å². The summed E-state index contributed by atoms with van der Waals surface area (Å²) >= 11 is 0. The van der Waals surface area contributed by atoms with Gasteiger partial charge in [0.25, 0.3) is 0 Å². The number of fused-ring (bicyclic) bond motifs is 6. The van der Waals surface area contributed by atoms with Crippen LogP contribution in [0.1, 0.15) is 16.7 Å². The first-order chi connectivity index (χ1) is 46.8. The molecule has 6 heterocycles. The average Bonchev–Trinajstić information content (AvgIpc) is 1.53. The second-order valence-electron chi connectivity index (χ2n) is 23.4. The lowest BCUT2D eigenvalue weighted by molar-refractivity contribution is -0.142. The van der Waals surface area contributed by atoms with E-state index in [2.05, 4.69) is 6.07 Å². The van der Waals surface area contributed by atoms with E-state index >= 15 is 26.3 Å². The Morgan fingerprint density at radius 2 is 0.510 bits per heavy atom. The Morgan fingerprint density at radius 3 is 0.760 bits per heavy atom. The van der Waals surface area contributed by atoms with Gasteiger partial charge in [0.1, 0.15) is 11.6 Å². The molecule has 0 amide bonds. The highest BCUT2D eigenvalue weighted by atomic mass is 19.4. The van der Waals surface area contributed by atoms with Crippen molar-refractivity contribution in [2.24, 2.45) is 0 Å². The van der Waals surface area contributed by atoms with Crippen LogP contribution >= 0.6 is 0 Å². The molecule has 0 fully saturated rings. The first-order valence-electron chi connectivity index (χ1n) is 31.0. The average molecular weight is 1260 g/mol. The number of pyridine rings is 4. The molecule has 0 N–H and O–H groups in total. The van der Waals surface area contributed by atoms with Gasteiger partial charge in [-0.05, 0) is 103 Å². The van der Waals surface area contributed by atoms with E-state index in [1.807, 2.05) is 267 Å². The quantitative estimate of drug-likeness (QED) is 0.120. The lowest BCUT2D eigenvalue weighted by Crippen LogP contribution is -2.15. The number of aromatic nitrogens is 6. The zero-order valence-corrected chi connectivity index (χ0v) is 50.7. The molecule has 6 aromatic heterocycles. The first kappa shape index (κ1) is 58.5. The molecule has 0 saturated heterocycles. The summed E-state index contributed by atoms with van der Waals surface area (Å²) in [7, 11) is 0. The fourth-order valence-electron chi connectivity index (χ4n) is 13.2. The summed E-state index contributed by atoms with van der Waals surface area (Å²) in [5.74, 6) is 0. The van der Waals surface area contributed by atoms with Crippen LogP contribution in [0.25, 0.3) is 156 Å². The van der Waals surface area contributed by atoms with Gasteiger partial charge < -0.3 is 9.13 Å². The van der Waals surface area contributed by atoms with Crippen LogP contribution in [0.3, 0.4) is 0 Å². The minimum absolute atomic E-state index is 0.00170. The van der Waals surface area contributed by atoms with Crippen molar-refractivity contribution >= 4 is 43.6 Å². The smallest absolute Gasteiger partial charge is 0.308 e. The summed E-state index contributed by atoms with van der Waals surface area (Å²) in [4.78, 5) is 20.5. The van der Waals surface area contributed by atoms with Crippen molar-refractivity contribution < 1.29 is 26.3 Å². The van der Waals surface area contributed by atoms with Gasteiger partial charge in [0, 0.05) is 71.6 Å². The van der Waals surface area contributed by atoms with Gasteiger partial charge in [-0.15, -0.1) is 0 Å². The van der Waals surface area contributed by atoms with Crippen LogP contribution in [0.5, 0.6) is 0 Å². The number of benzene rings is 10. The lowest BCUT2D eigenvalue weighted by Gasteiger charge is -2.22. The summed E-state index contributed by atoms with van der Waals surface area (Å²) < 4.78 is 99.2. The minimum Gasteiger partial charge on any atom is -0.308 e. The van der Waals surface area contributed by atoms with Crippen molar-refractivity contribution in [3.63, 3.8) is 0 Å². The molecule has 0 aliphatic heterocycles. The topological polar surface area (TPSA) is 85.2 Å². The maximum absolute atomic E-state index is 15.9. The number of rotatable bonds is 11. The molecule has 0 aliphatic carbocycles. The molecule has 0 atom stereocenters. The number of hydrogen-bond donors (Lipinski definition) is 0. The third-order valence-corrected chi connectivity index (χ3v) is 17.6. The SMILES string of the molecule is N#Cc1c(-n2c3cc(-c4cccc(-c5ccccc5)n4)ccc3c3ccc(-c4cccc(-c5ccccc5)n4)cc32)cc(-c2c(C(F)(F)F)cccc2C(F)(F)F)cc1-n1c2cc(-c3cccc(-c4ccccc4)n3)ccc2c2ccc(-c3cccc(-c4ccccc4)n3)cc21. The largest absolute Gasteiger partial charge is 0.417 e. The van der Waals surface area contributed by atoms with Gasteiger partial charge in [0.2, 0.25) is 0 Å². The molecule has 16 aromatic rings. The molecule has 7 nitrogen and oxygen atoms in total. The Hall–Kier alpha value is -12.5. The molecule has 0 saturated carbocycles. The van der Waals surface area contributed by atoms with Crippen LogP contribution in [0.4, 0.5) is 26.3 Å². The van der Waals surface area contributed by atoms with Crippen LogP contribution in [0, 0.1) is 11.3 Å². The van der Waals surface area contributed by atoms with E-state index in [0.29, 0.717) is 124 Å². The molecule has 10 aromatic carbocycles. The molecule has 0 bridgehead atoms. The molecule has 0 spiro atoms. The maximum atomic E-state index is 15.9. The molecule has 16 rings (SSSR count). The van der Waals surface area contributed by atoms with Crippen molar-refractivity contribution in [3.05, 3.63) is 314 Å². The zero-order chi connectivity index (χ0) is 65.2. The highest BCUT2D eigenvalue weighted by Gasteiger charge is 2.42. The van der Waals surface area contributed by atoms with E-state index in [4.69, 9.17) is 19.9 Å². The van der Waals surface area contributed by atoms with Gasteiger partial charge in [-0.2, -0.15) is 31.6 Å². The van der Waals surface area contributed by atoms with Crippen molar-refractivity contribution in [1.29, 1.82) is 5.26 Å². The van der Waals surface area contributed by atoms with Crippen molar-refractivity contribution in [2.45, 2.75) is 12.4 Å². The van der Waals surface area contributed by atoms with Gasteiger partial charge in [0.05, 0.1) is 90.1 Å². The van der Waals surface area contributed by atoms with Gasteiger partial charge in [-0.3, -0.25) is 0 Å². The van der Waals surface area contributed by atoms with Crippen LogP contribution in [0.15, 0.2) is 297 Å². The standard InChI is InChI=1S/C83H49F6N7/c84-82(85,86)65-26-13-27-66(83(87,88)89)81(65)59-48-79(95-75-44-55(71-32-14-28-67(91-71)51-18-5-1-6-19-51)36-40-60(75)61-41-37-56(45-76(61)95)72-33-15-29-68(92-72)52-20-7-2-8-21-52)64(50-90)80(49-59)96-77-46-57(73-34-16-30-69(93-73)53-22-9-3-10-23-53)38-42-62(77)63-43-39-58(47-78(63)96)74-35-17-31-70(94-74)54-24-11-4-12-25-54/h1-49H. The number of halogens is 6. The summed E-state index contributed by atoms with van der Waals surface area (Å²) in [5.41, 5.74) is 8.56. The molecule has 0 aliphatic rings. The number of nitriles is 1. The monoisotopic (exact) mass is 1260 g/mol. The molecular weight excluding hydrogens is 1210 g/mol. The van der Waals surface area contributed by atoms with E-state index in [1.165, 1.54) is 12.1 Å². The predicted octanol–water partition coefficient (Wildman–Crippen LogP) is 22.4. The minimum atomic E-state index is -5.29. The number of hydrogen-bond acceptors (Lipinski definition) is 5. The first-order valence-corrected chi connectivity index (χ1v) is 31.0.